The van der Waals surface area contributed by atoms with Crippen LogP contribution in [0.4, 0.5) is 10.6 Å². The van der Waals surface area contributed by atoms with Crippen LogP contribution in [0.2, 0.25) is 0 Å². The Kier molecular flexibility index (Phi) is 8.30. The third-order valence-electron chi connectivity index (χ3n) is 6.22. The van der Waals surface area contributed by atoms with Gasteiger partial charge in [0.15, 0.2) is 0 Å². The van der Waals surface area contributed by atoms with Gasteiger partial charge in [-0.15, -0.1) is 0 Å². The van der Waals surface area contributed by atoms with Crippen molar-refractivity contribution in [1.29, 1.82) is 0 Å². The van der Waals surface area contributed by atoms with Gasteiger partial charge in [0.2, 0.25) is 0 Å². The number of unbranched alkanes of at least 4 members (excludes halogenated alkanes) is 2. The molecule has 2 aromatic heterocycles. The number of fused-ring (bicyclic) bond motifs is 1. The molecule has 2 aliphatic heterocycles. The molecule has 0 saturated carbocycles. The van der Waals surface area contributed by atoms with Crippen molar-refractivity contribution in [2.24, 2.45) is 0 Å². The molecule has 2 aromatic rings. The minimum Gasteiger partial charge on any atom is -0.450 e. The lowest BCUT2D eigenvalue weighted by atomic mass is 10.2. The highest BCUT2D eigenvalue weighted by Crippen LogP contribution is 2.34. The molecule has 2 saturated heterocycles. The lowest BCUT2D eigenvalue weighted by Crippen LogP contribution is -2.49. The summed E-state index contributed by atoms with van der Waals surface area (Å²) in [4.78, 5) is 49.5. The average molecular weight is 530 g/mol. The number of nitrogens with zero attached hydrogens (tertiary/aromatic N) is 5. The number of carbonyl (C=O) groups excluding carboxylic acids is 2. The van der Waals surface area contributed by atoms with E-state index in [-0.39, 0.29) is 17.6 Å². The highest BCUT2D eigenvalue weighted by atomic mass is 32.2. The Bertz CT molecular complexity index is 1270. The molecule has 0 atom stereocenters. The maximum absolute atomic E-state index is 13.7. The van der Waals surface area contributed by atoms with Crippen molar-refractivity contribution in [2.75, 3.05) is 44.2 Å². The SMILES string of the molecule is CCCCCN1C(=O)/C(=C\c2c(N3CCN(C(=O)OCC)CC3)nc3ccc(C)cn3c2=O)SC1=S. The summed E-state index contributed by atoms with van der Waals surface area (Å²) in [5, 5.41) is 0. The summed E-state index contributed by atoms with van der Waals surface area (Å²) in [6, 6.07) is 3.72. The molecular weight excluding hydrogens is 498 g/mol. The van der Waals surface area contributed by atoms with Crippen LogP contribution in [0.5, 0.6) is 0 Å². The number of aromatic nitrogens is 2. The van der Waals surface area contributed by atoms with E-state index < -0.39 is 0 Å². The number of thioether (sulfide) groups is 1. The van der Waals surface area contributed by atoms with E-state index in [1.54, 1.807) is 29.0 Å². The molecule has 4 rings (SSSR count). The number of rotatable bonds is 7. The van der Waals surface area contributed by atoms with Gasteiger partial charge in [0.25, 0.3) is 11.5 Å². The molecule has 2 aliphatic rings. The number of carbonyl (C=O) groups is 2. The van der Waals surface area contributed by atoms with E-state index in [9.17, 15) is 14.4 Å². The molecule has 0 N–H and O–H groups in total. The normalized spacial score (nSPS) is 17.5. The van der Waals surface area contributed by atoms with E-state index in [2.05, 4.69) is 6.92 Å². The van der Waals surface area contributed by atoms with E-state index in [0.717, 1.165) is 24.8 Å². The van der Waals surface area contributed by atoms with Gasteiger partial charge in [0.1, 0.15) is 15.8 Å². The highest BCUT2D eigenvalue weighted by molar-refractivity contribution is 8.26. The summed E-state index contributed by atoms with van der Waals surface area (Å²) in [6.07, 6.45) is 6.00. The van der Waals surface area contributed by atoms with Crippen LogP contribution in [-0.4, -0.2) is 74.8 Å². The standard InChI is InChI=1S/C25H31N5O4S2/c1-4-6-7-10-29-23(32)19(36-25(29)35)15-18-21(26-20-9-8-17(3)16-30(20)22(18)31)27-11-13-28(14-12-27)24(33)34-5-2/h8-9,15-16H,4-7,10-14H2,1-3H3/b19-15+. The van der Waals surface area contributed by atoms with Gasteiger partial charge < -0.3 is 14.5 Å². The lowest BCUT2D eigenvalue weighted by molar-refractivity contribution is -0.122. The molecule has 0 aromatic carbocycles. The topological polar surface area (TPSA) is 87.5 Å². The van der Waals surface area contributed by atoms with Crippen LogP contribution in [0.15, 0.2) is 28.0 Å². The first-order chi connectivity index (χ1) is 17.3. The van der Waals surface area contributed by atoms with Crippen LogP contribution >= 0.6 is 24.0 Å². The van der Waals surface area contributed by atoms with E-state index in [1.807, 2.05) is 24.0 Å². The third-order valence-corrected chi connectivity index (χ3v) is 7.60. The van der Waals surface area contributed by atoms with E-state index >= 15 is 0 Å². The predicted octanol–water partition coefficient (Wildman–Crippen LogP) is 3.67. The maximum atomic E-state index is 13.7. The fourth-order valence-corrected chi connectivity index (χ4v) is 5.56. The van der Waals surface area contributed by atoms with Crippen LogP contribution in [0.25, 0.3) is 11.7 Å². The van der Waals surface area contributed by atoms with Crippen molar-refractivity contribution in [3.8, 4) is 0 Å². The van der Waals surface area contributed by atoms with Gasteiger partial charge in [-0.2, -0.15) is 0 Å². The smallest absolute Gasteiger partial charge is 0.409 e. The number of pyridine rings is 1. The van der Waals surface area contributed by atoms with E-state index in [1.165, 1.54) is 16.2 Å². The monoisotopic (exact) mass is 529 g/mol. The van der Waals surface area contributed by atoms with Gasteiger partial charge in [-0.1, -0.05) is 49.8 Å². The summed E-state index contributed by atoms with van der Waals surface area (Å²) in [7, 11) is 0. The molecular formula is C25H31N5O4S2. The molecule has 0 radical (unpaired) electrons. The number of thiocarbonyl (C=S) groups is 1. The summed E-state index contributed by atoms with van der Waals surface area (Å²) < 4.78 is 7.15. The van der Waals surface area contributed by atoms with Gasteiger partial charge in [0.05, 0.1) is 17.1 Å². The Morgan fingerprint density at radius 3 is 2.61 bits per heavy atom. The maximum Gasteiger partial charge on any atom is 0.409 e. The van der Waals surface area contributed by atoms with Crippen molar-refractivity contribution in [3.05, 3.63) is 44.7 Å². The van der Waals surface area contributed by atoms with Crippen LogP contribution in [0.3, 0.4) is 0 Å². The van der Waals surface area contributed by atoms with Crippen molar-refractivity contribution in [2.45, 2.75) is 40.0 Å². The molecule has 0 aliphatic carbocycles. The Morgan fingerprint density at radius 2 is 1.92 bits per heavy atom. The number of amides is 2. The Balaban J connectivity index is 1.70. The molecule has 0 bridgehead atoms. The summed E-state index contributed by atoms with van der Waals surface area (Å²) >= 11 is 6.69. The first-order valence-electron chi connectivity index (χ1n) is 12.3. The molecule has 192 valence electrons. The zero-order valence-electron chi connectivity index (χ0n) is 20.9. The Labute approximate surface area is 220 Å². The molecule has 9 nitrogen and oxygen atoms in total. The molecule has 4 heterocycles. The van der Waals surface area contributed by atoms with Crippen LogP contribution < -0.4 is 10.5 Å². The Hall–Kier alpha value is -2.92. The lowest BCUT2D eigenvalue weighted by Gasteiger charge is -2.35. The largest absolute Gasteiger partial charge is 0.450 e. The first-order valence-corrected chi connectivity index (χ1v) is 13.5. The van der Waals surface area contributed by atoms with Crippen molar-refractivity contribution >= 4 is 57.8 Å². The van der Waals surface area contributed by atoms with Gasteiger partial charge in [-0.05, 0) is 38.0 Å². The van der Waals surface area contributed by atoms with Gasteiger partial charge in [0, 0.05) is 38.9 Å². The molecule has 0 spiro atoms. The second-order valence-corrected chi connectivity index (χ2v) is 10.5. The Morgan fingerprint density at radius 1 is 1.17 bits per heavy atom. The molecule has 0 unspecified atom stereocenters. The van der Waals surface area contributed by atoms with Crippen LogP contribution in [-0.2, 0) is 9.53 Å². The van der Waals surface area contributed by atoms with Crippen molar-refractivity contribution in [3.63, 3.8) is 0 Å². The molecule has 2 fully saturated rings. The minimum absolute atomic E-state index is 0.173. The third kappa shape index (κ3) is 5.41. The number of aryl methyl sites for hydroxylation is 1. The number of hydrogen-bond donors (Lipinski definition) is 0. The van der Waals surface area contributed by atoms with E-state index in [0.29, 0.717) is 65.6 Å². The van der Waals surface area contributed by atoms with Gasteiger partial charge >= 0.3 is 6.09 Å². The van der Waals surface area contributed by atoms with E-state index in [4.69, 9.17) is 21.9 Å². The quantitative estimate of drug-likeness (QED) is 0.305. The zero-order valence-corrected chi connectivity index (χ0v) is 22.5. The predicted molar refractivity (Wildman–Crippen MR) is 146 cm³/mol. The first kappa shape index (κ1) is 26.2. The number of piperazine rings is 1. The summed E-state index contributed by atoms with van der Waals surface area (Å²) in [5.41, 5.74) is 1.55. The average Bonchev–Trinajstić information content (AvgIpc) is 3.13. The number of ether oxygens (including phenoxy) is 1. The second kappa shape index (κ2) is 11.4. The fraction of sp³-hybridized carbons (Fsp3) is 0.480. The second-order valence-electron chi connectivity index (χ2n) is 8.80. The molecule has 36 heavy (non-hydrogen) atoms. The highest BCUT2D eigenvalue weighted by Gasteiger charge is 2.33. The fourth-order valence-electron chi connectivity index (χ4n) is 4.27. The summed E-state index contributed by atoms with van der Waals surface area (Å²) in [6.45, 7) is 8.59. The zero-order chi connectivity index (χ0) is 25.8. The molecule has 11 heteroatoms. The van der Waals surface area contributed by atoms with Gasteiger partial charge in [-0.25, -0.2) is 9.78 Å². The minimum atomic E-state index is -0.342. The number of anilines is 1. The number of hydrogen-bond acceptors (Lipinski definition) is 8. The van der Waals surface area contributed by atoms with Gasteiger partial charge in [-0.3, -0.25) is 18.9 Å². The van der Waals surface area contributed by atoms with Crippen LogP contribution in [0, 0.1) is 6.92 Å². The summed E-state index contributed by atoms with van der Waals surface area (Å²) in [5.74, 6) is 0.330. The van der Waals surface area contributed by atoms with Crippen molar-refractivity contribution in [1.82, 2.24) is 19.2 Å². The van der Waals surface area contributed by atoms with Crippen molar-refractivity contribution < 1.29 is 14.3 Å². The van der Waals surface area contributed by atoms with Crippen LogP contribution in [0.1, 0.15) is 44.2 Å². The molecule has 2 amide bonds.